The molecule has 7 heteroatoms. The van der Waals surface area contributed by atoms with Gasteiger partial charge in [-0.25, -0.2) is 5.01 Å². The zero-order valence-corrected chi connectivity index (χ0v) is 16.0. The lowest BCUT2D eigenvalue weighted by atomic mass is 9.92. The van der Waals surface area contributed by atoms with Crippen LogP contribution in [0.2, 0.25) is 0 Å². The van der Waals surface area contributed by atoms with Crippen molar-refractivity contribution in [3.05, 3.63) is 29.8 Å². The first kappa shape index (κ1) is 18.0. The smallest absolute Gasteiger partial charge is 0.290 e. The summed E-state index contributed by atoms with van der Waals surface area (Å²) < 4.78 is 5.55. The number of hydrogen-bond donors (Lipinski definition) is 1. The van der Waals surface area contributed by atoms with Crippen LogP contribution < -0.4 is 10.4 Å². The average Bonchev–Trinajstić information content (AvgIpc) is 3.28. The van der Waals surface area contributed by atoms with Gasteiger partial charge in [-0.3, -0.25) is 20.0 Å². The summed E-state index contributed by atoms with van der Waals surface area (Å²) in [4.78, 5) is 31.3. The number of hydrogen-bond acceptors (Lipinski definition) is 5. The minimum atomic E-state index is -0.180. The Morgan fingerprint density at radius 2 is 1.96 bits per heavy atom. The van der Waals surface area contributed by atoms with Gasteiger partial charge < -0.3 is 9.64 Å². The van der Waals surface area contributed by atoms with E-state index in [1.54, 1.807) is 12.0 Å². The molecule has 2 fully saturated rings. The van der Waals surface area contributed by atoms with Gasteiger partial charge in [0.2, 0.25) is 5.84 Å². The molecule has 1 heterocycles. The number of aryl methyl sites for hydroxylation is 1. The van der Waals surface area contributed by atoms with Gasteiger partial charge in [0.25, 0.3) is 11.8 Å². The monoisotopic (exact) mass is 370 g/mol. The molecule has 2 aliphatic carbocycles. The minimum absolute atomic E-state index is 0.0295. The number of methoxy groups -OCH3 is 1. The molecule has 27 heavy (non-hydrogen) atoms. The summed E-state index contributed by atoms with van der Waals surface area (Å²) in [5.74, 6) is 0.899. The highest BCUT2D eigenvalue weighted by Gasteiger charge is 2.48. The lowest BCUT2D eigenvalue weighted by molar-refractivity contribution is -0.126. The van der Waals surface area contributed by atoms with Crippen LogP contribution in [0.5, 0.6) is 0 Å². The maximum absolute atomic E-state index is 13.0. The largest absolute Gasteiger partial charge is 0.381 e. The van der Waals surface area contributed by atoms with E-state index in [2.05, 4.69) is 10.4 Å². The van der Waals surface area contributed by atoms with Crippen molar-refractivity contribution in [1.29, 1.82) is 0 Å². The summed E-state index contributed by atoms with van der Waals surface area (Å²) in [7, 11) is 3.61. The van der Waals surface area contributed by atoms with Crippen LogP contribution >= 0.6 is 0 Å². The second-order valence-corrected chi connectivity index (χ2v) is 7.83. The van der Waals surface area contributed by atoms with Gasteiger partial charge in [0.1, 0.15) is 6.54 Å². The number of aliphatic imine (C=N–C) groups is 1. The number of carbonyl (C=O) groups is 2. The Labute approximate surface area is 159 Å². The Kier molecular flexibility index (Phi) is 4.63. The Morgan fingerprint density at radius 3 is 2.59 bits per heavy atom. The van der Waals surface area contributed by atoms with E-state index in [4.69, 9.17) is 4.74 Å². The summed E-state index contributed by atoms with van der Waals surface area (Å²) in [5, 5.41) is 1.41. The van der Waals surface area contributed by atoms with Crippen molar-refractivity contribution in [2.24, 2.45) is 16.8 Å². The molecular weight excluding hydrogens is 344 g/mol. The molecule has 4 atom stereocenters. The van der Waals surface area contributed by atoms with E-state index in [1.165, 1.54) is 5.01 Å². The van der Waals surface area contributed by atoms with Gasteiger partial charge in [0.15, 0.2) is 0 Å². The molecule has 1 aromatic carbocycles. The molecule has 1 N–H and O–H groups in total. The Bertz CT molecular complexity index is 776. The van der Waals surface area contributed by atoms with Crippen LogP contribution in [0, 0.1) is 18.8 Å². The van der Waals surface area contributed by atoms with E-state index in [0.717, 1.165) is 24.8 Å². The number of nitrogens with one attached hydrogen (secondary N) is 1. The number of carbonyl (C=O) groups excluding carboxylic acids is 2. The molecule has 2 amide bonds. The van der Waals surface area contributed by atoms with Crippen LogP contribution in [0.15, 0.2) is 29.3 Å². The lowest BCUT2D eigenvalue weighted by Gasteiger charge is -2.35. The maximum atomic E-state index is 13.0. The quantitative estimate of drug-likeness (QED) is 0.872. The first-order chi connectivity index (χ1) is 13.0. The lowest BCUT2D eigenvalue weighted by Crippen LogP contribution is -2.57. The molecule has 4 rings (SSSR count). The van der Waals surface area contributed by atoms with Gasteiger partial charge in [-0.05, 0) is 50.2 Å². The van der Waals surface area contributed by atoms with Crippen LogP contribution in [-0.2, 0) is 14.3 Å². The Hall–Kier alpha value is -2.41. The van der Waals surface area contributed by atoms with Crippen LogP contribution in [0.3, 0.4) is 0 Å². The van der Waals surface area contributed by atoms with E-state index in [9.17, 15) is 9.59 Å². The molecule has 0 saturated heterocycles. The molecule has 1 aromatic rings. The van der Waals surface area contributed by atoms with Gasteiger partial charge in [-0.1, -0.05) is 17.7 Å². The fourth-order valence-electron chi connectivity index (χ4n) is 4.71. The number of likely N-dealkylation sites (N-methyl/N-ethyl adjacent to an activating group) is 1. The number of rotatable bonds is 4. The van der Waals surface area contributed by atoms with E-state index in [1.807, 2.05) is 38.2 Å². The second kappa shape index (κ2) is 6.96. The van der Waals surface area contributed by atoms with Crippen LogP contribution in [0.4, 0.5) is 5.69 Å². The number of fused-ring (bicyclic) bond motifs is 2. The third-order valence-corrected chi connectivity index (χ3v) is 6.21. The number of ether oxygens (including phenoxy) is 1. The molecule has 4 unspecified atom stereocenters. The molecule has 1 aliphatic heterocycles. The predicted octanol–water partition coefficient (Wildman–Crippen LogP) is 1.52. The summed E-state index contributed by atoms with van der Waals surface area (Å²) in [5.41, 5.74) is 4.74. The fourth-order valence-corrected chi connectivity index (χ4v) is 4.71. The highest BCUT2D eigenvalue weighted by Crippen LogP contribution is 2.47. The molecule has 0 spiro atoms. The van der Waals surface area contributed by atoms with E-state index in [-0.39, 0.29) is 30.2 Å². The Balaban J connectivity index is 1.46. The number of anilines is 1. The van der Waals surface area contributed by atoms with Crippen LogP contribution in [0.1, 0.15) is 24.8 Å². The van der Waals surface area contributed by atoms with Crippen molar-refractivity contribution >= 4 is 23.3 Å². The van der Waals surface area contributed by atoms with E-state index < -0.39 is 0 Å². The molecule has 7 nitrogen and oxygen atoms in total. The summed E-state index contributed by atoms with van der Waals surface area (Å²) in [6.07, 6.45) is 3.43. The molecule has 3 aliphatic rings. The highest BCUT2D eigenvalue weighted by atomic mass is 16.5. The minimum Gasteiger partial charge on any atom is -0.381 e. The van der Waals surface area contributed by atoms with Crippen molar-refractivity contribution in [3.8, 4) is 0 Å². The maximum Gasteiger partial charge on any atom is 0.290 e. The summed E-state index contributed by atoms with van der Waals surface area (Å²) in [6.45, 7) is 1.96. The highest BCUT2D eigenvalue weighted by molar-refractivity contribution is 6.39. The van der Waals surface area contributed by atoms with Gasteiger partial charge in [0, 0.05) is 20.2 Å². The Morgan fingerprint density at radius 1 is 1.22 bits per heavy atom. The summed E-state index contributed by atoms with van der Waals surface area (Å²) >= 11 is 0. The van der Waals surface area contributed by atoms with Gasteiger partial charge in [-0.15, -0.1) is 0 Å². The number of amidine groups is 1. The molecule has 2 saturated carbocycles. The molecule has 0 aromatic heterocycles. The van der Waals surface area contributed by atoms with Crippen molar-refractivity contribution in [3.63, 3.8) is 0 Å². The topological polar surface area (TPSA) is 74.2 Å². The van der Waals surface area contributed by atoms with Crippen molar-refractivity contribution in [1.82, 2.24) is 10.3 Å². The normalized spacial score (nSPS) is 29.5. The van der Waals surface area contributed by atoms with Crippen molar-refractivity contribution < 1.29 is 14.3 Å². The van der Waals surface area contributed by atoms with E-state index >= 15 is 0 Å². The molecular formula is C20H26N4O3. The van der Waals surface area contributed by atoms with Gasteiger partial charge >= 0.3 is 0 Å². The number of nitrogens with zero attached hydrogens (tertiary/aromatic N) is 3. The van der Waals surface area contributed by atoms with E-state index in [0.29, 0.717) is 23.6 Å². The third kappa shape index (κ3) is 3.20. The van der Waals surface area contributed by atoms with Crippen molar-refractivity contribution in [2.45, 2.75) is 38.3 Å². The number of hydrazine groups is 1. The number of benzene rings is 1. The average molecular weight is 370 g/mol. The van der Waals surface area contributed by atoms with Crippen molar-refractivity contribution in [2.75, 3.05) is 25.7 Å². The first-order valence-electron chi connectivity index (χ1n) is 9.48. The first-order valence-corrected chi connectivity index (χ1v) is 9.48. The predicted molar refractivity (Wildman–Crippen MR) is 102 cm³/mol. The van der Waals surface area contributed by atoms with Gasteiger partial charge in [-0.2, -0.15) is 0 Å². The standard InChI is InChI=1S/C20H26N4O3/c1-12-4-6-15(7-5-12)24-18(25)11-21-19(22-24)20(26)23(2)16-9-14-8-13(16)10-17(14)27-3/h4-7,13-14,16-17H,8-11H2,1-3H3,(H,21,22). The molecule has 0 radical (unpaired) electrons. The third-order valence-electron chi connectivity index (χ3n) is 6.21. The molecule has 144 valence electrons. The fraction of sp³-hybridized carbons (Fsp3) is 0.550. The summed E-state index contributed by atoms with van der Waals surface area (Å²) in [6, 6.07) is 7.80. The number of amides is 2. The second-order valence-electron chi connectivity index (χ2n) is 7.83. The SMILES string of the molecule is COC1CC2CC1CC2N(C)C(=O)C1=NCC(=O)N(c2ccc(C)cc2)N1. The molecule has 2 bridgehead atoms. The van der Waals surface area contributed by atoms with Gasteiger partial charge in [0.05, 0.1) is 11.8 Å². The van der Waals surface area contributed by atoms with Crippen LogP contribution in [-0.4, -0.2) is 55.4 Å². The zero-order valence-electron chi connectivity index (χ0n) is 16.0. The zero-order chi connectivity index (χ0) is 19.1. The van der Waals surface area contributed by atoms with Crippen LogP contribution in [0.25, 0.3) is 0 Å².